The van der Waals surface area contributed by atoms with Gasteiger partial charge in [-0.25, -0.2) is 0 Å². The summed E-state index contributed by atoms with van der Waals surface area (Å²) in [5.74, 6) is -0.305. The predicted molar refractivity (Wildman–Crippen MR) is 57.1 cm³/mol. The minimum Gasteiger partial charge on any atom is -0.469 e. The first-order chi connectivity index (χ1) is 7.24. The Balaban J connectivity index is 2.25. The molecule has 1 unspecified atom stereocenters. The van der Waals surface area contributed by atoms with Crippen LogP contribution in [0.3, 0.4) is 0 Å². The van der Waals surface area contributed by atoms with Gasteiger partial charge in [-0.3, -0.25) is 9.78 Å². The van der Waals surface area contributed by atoms with Crippen LogP contribution < -0.4 is 5.32 Å². The van der Waals surface area contributed by atoms with Crippen LogP contribution >= 0.6 is 0 Å². The van der Waals surface area contributed by atoms with Crippen molar-refractivity contribution in [3.05, 3.63) is 30.1 Å². The van der Waals surface area contributed by atoms with Gasteiger partial charge in [0.15, 0.2) is 0 Å². The lowest BCUT2D eigenvalue weighted by molar-refractivity contribution is -0.144. The predicted octanol–water partition coefficient (Wildman–Crippen LogP) is 0.980. The number of nitrogens with zero attached hydrogens (tertiary/aromatic N) is 1. The molecule has 82 valence electrons. The van der Waals surface area contributed by atoms with Gasteiger partial charge in [-0.1, -0.05) is 13.0 Å². The van der Waals surface area contributed by atoms with Gasteiger partial charge >= 0.3 is 5.97 Å². The molecule has 0 amide bonds. The number of carbonyl (C=O) groups excluding carboxylic acids is 1. The summed E-state index contributed by atoms with van der Waals surface area (Å²) in [6.45, 7) is 3.17. The molecule has 15 heavy (non-hydrogen) atoms. The maximum atomic E-state index is 11.1. The number of aromatic nitrogens is 1. The quantitative estimate of drug-likeness (QED) is 0.733. The van der Waals surface area contributed by atoms with E-state index in [0.29, 0.717) is 6.54 Å². The molecule has 0 saturated heterocycles. The van der Waals surface area contributed by atoms with Crippen LogP contribution in [0.5, 0.6) is 0 Å². The molecule has 1 atom stereocenters. The number of pyridine rings is 1. The molecule has 0 fully saturated rings. The van der Waals surface area contributed by atoms with E-state index < -0.39 is 0 Å². The second-order valence-electron chi connectivity index (χ2n) is 3.42. The zero-order valence-corrected chi connectivity index (χ0v) is 9.06. The Morgan fingerprint density at radius 2 is 2.47 bits per heavy atom. The van der Waals surface area contributed by atoms with E-state index in [-0.39, 0.29) is 11.9 Å². The molecule has 1 aromatic heterocycles. The van der Waals surface area contributed by atoms with Crippen LogP contribution in [0, 0.1) is 5.92 Å². The standard InChI is InChI=1S/C11H16N2O2/c1-9(11(14)15-2)6-13-8-10-4-3-5-12-7-10/h3-5,7,9,13H,6,8H2,1-2H3. The van der Waals surface area contributed by atoms with Crippen molar-refractivity contribution < 1.29 is 9.53 Å². The highest BCUT2D eigenvalue weighted by atomic mass is 16.5. The minimum absolute atomic E-state index is 0.119. The highest BCUT2D eigenvalue weighted by Gasteiger charge is 2.11. The second kappa shape index (κ2) is 6.14. The van der Waals surface area contributed by atoms with Gasteiger partial charge in [-0.15, -0.1) is 0 Å². The Hall–Kier alpha value is -1.42. The normalized spacial score (nSPS) is 12.1. The van der Waals surface area contributed by atoms with E-state index in [9.17, 15) is 4.79 Å². The third-order valence-corrected chi connectivity index (χ3v) is 2.11. The molecule has 0 aliphatic carbocycles. The maximum absolute atomic E-state index is 11.1. The van der Waals surface area contributed by atoms with Crippen molar-refractivity contribution in [2.45, 2.75) is 13.5 Å². The van der Waals surface area contributed by atoms with Crippen LogP contribution in [0.4, 0.5) is 0 Å². The largest absolute Gasteiger partial charge is 0.469 e. The number of hydrogen-bond acceptors (Lipinski definition) is 4. The Labute approximate surface area is 89.7 Å². The molecule has 4 nitrogen and oxygen atoms in total. The molecule has 4 heteroatoms. The third kappa shape index (κ3) is 4.08. The molecular weight excluding hydrogens is 192 g/mol. The molecule has 1 N–H and O–H groups in total. The SMILES string of the molecule is COC(=O)C(C)CNCc1cccnc1. The van der Waals surface area contributed by atoms with Crippen LogP contribution in [0.1, 0.15) is 12.5 Å². The number of nitrogens with one attached hydrogen (secondary N) is 1. The fourth-order valence-corrected chi connectivity index (χ4v) is 1.22. The highest BCUT2D eigenvalue weighted by molar-refractivity contribution is 5.71. The third-order valence-electron chi connectivity index (χ3n) is 2.11. The zero-order valence-electron chi connectivity index (χ0n) is 9.06. The minimum atomic E-state index is -0.186. The molecule has 0 saturated carbocycles. The lowest BCUT2D eigenvalue weighted by Crippen LogP contribution is -2.26. The van der Waals surface area contributed by atoms with E-state index in [1.54, 1.807) is 12.4 Å². The molecule has 0 aromatic carbocycles. The molecule has 0 bridgehead atoms. The average molecular weight is 208 g/mol. The van der Waals surface area contributed by atoms with E-state index in [4.69, 9.17) is 0 Å². The van der Waals surface area contributed by atoms with Crippen molar-refractivity contribution in [2.24, 2.45) is 5.92 Å². The number of ether oxygens (including phenoxy) is 1. The molecule has 0 spiro atoms. The fraction of sp³-hybridized carbons (Fsp3) is 0.455. The van der Waals surface area contributed by atoms with Gasteiger partial charge in [0.25, 0.3) is 0 Å². The lowest BCUT2D eigenvalue weighted by Gasteiger charge is -2.09. The Bertz CT molecular complexity index is 301. The van der Waals surface area contributed by atoms with Crippen LogP contribution in [-0.2, 0) is 16.1 Å². The van der Waals surface area contributed by atoms with Crippen molar-refractivity contribution in [1.82, 2.24) is 10.3 Å². The lowest BCUT2D eigenvalue weighted by atomic mass is 10.2. The first-order valence-electron chi connectivity index (χ1n) is 4.91. The van der Waals surface area contributed by atoms with Crippen molar-refractivity contribution in [3.8, 4) is 0 Å². The summed E-state index contributed by atoms with van der Waals surface area (Å²) in [6.07, 6.45) is 3.54. The van der Waals surface area contributed by atoms with Crippen LogP contribution in [-0.4, -0.2) is 24.6 Å². The Morgan fingerprint density at radius 3 is 3.07 bits per heavy atom. The van der Waals surface area contributed by atoms with Gasteiger partial charge in [-0.2, -0.15) is 0 Å². The summed E-state index contributed by atoms with van der Waals surface area (Å²) >= 11 is 0. The van der Waals surface area contributed by atoms with E-state index in [2.05, 4.69) is 15.0 Å². The molecular formula is C11H16N2O2. The molecule has 1 heterocycles. The molecule has 0 radical (unpaired) electrons. The van der Waals surface area contributed by atoms with Crippen LogP contribution in [0.15, 0.2) is 24.5 Å². The number of hydrogen-bond donors (Lipinski definition) is 1. The monoisotopic (exact) mass is 208 g/mol. The second-order valence-corrected chi connectivity index (χ2v) is 3.42. The van der Waals surface area contributed by atoms with Crippen LogP contribution in [0.25, 0.3) is 0 Å². The van der Waals surface area contributed by atoms with E-state index >= 15 is 0 Å². The van der Waals surface area contributed by atoms with E-state index in [1.807, 2.05) is 19.1 Å². The summed E-state index contributed by atoms with van der Waals surface area (Å²) in [7, 11) is 1.40. The maximum Gasteiger partial charge on any atom is 0.309 e. The summed E-state index contributed by atoms with van der Waals surface area (Å²) in [5.41, 5.74) is 1.11. The summed E-state index contributed by atoms with van der Waals surface area (Å²) < 4.78 is 4.62. The highest BCUT2D eigenvalue weighted by Crippen LogP contribution is 1.98. The average Bonchev–Trinajstić information content (AvgIpc) is 2.29. The molecule has 1 rings (SSSR count). The van der Waals surface area contributed by atoms with E-state index in [0.717, 1.165) is 12.1 Å². The first kappa shape index (κ1) is 11.7. The van der Waals surface area contributed by atoms with Crippen molar-refractivity contribution in [1.29, 1.82) is 0 Å². The molecule has 0 aliphatic heterocycles. The van der Waals surface area contributed by atoms with Gasteiger partial charge in [0.2, 0.25) is 0 Å². The smallest absolute Gasteiger partial charge is 0.309 e. The Morgan fingerprint density at radius 1 is 1.67 bits per heavy atom. The van der Waals surface area contributed by atoms with Crippen molar-refractivity contribution >= 4 is 5.97 Å². The van der Waals surface area contributed by atoms with Gasteiger partial charge in [0, 0.05) is 25.5 Å². The Kier molecular flexibility index (Phi) is 4.77. The molecule has 0 aliphatic rings. The summed E-state index contributed by atoms with van der Waals surface area (Å²) in [4.78, 5) is 15.1. The number of carbonyl (C=O) groups is 1. The van der Waals surface area contributed by atoms with Crippen molar-refractivity contribution in [3.63, 3.8) is 0 Å². The van der Waals surface area contributed by atoms with Gasteiger partial charge in [-0.05, 0) is 11.6 Å². The number of rotatable bonds is 5. The summed E-state index contributed by atoms with van der Waals surface area (Å²) in [5, 5.41) is 3.18. The van der Waals surface area contributed by atoms with Crippen LogP contribution in [0.2, 0.25) is 0 Å². The topological polar surface area (TPSA) is 51.2 Å². The first-order valence-corrected chi connectivity index (χ1v) is 4.91. The van der Waals surface area contributed by atoms with Gasteiger partial charge in [0.05, 0.1) is 13.0 Å². The van der Waals surface area contributed by atoms with Crippen molar-refractivity contribution in [2.75, 3.05) is 13.7 Å². The van der Waals surface area contributed by atoms with Gasteiger partial charge in [0.1, 0.15) is 0 Å². The van der Waals surface area contributed by atoms with Gasteiger partial charge < -0.3 is 10.1 Å². The number of esters is 1. The van der Waals surface area contributed by atoms with E-state index in [1.165, 1.54) is 7.11 Å². The fourth-order valence-electron chi connectivity index (χ4n) is 1.22. The zero-order chi connectivity index (χ0) is 11.1. The summed E-state index contributed by atoms with van der Waals surface area (Å²) in [6, 6.07) is 3.88. The molecule has 1 aromatic rings. The number of methoxy groups -OCH3 is 1.